The van der Waals surface area contributed by atoms with E-state index in [2.05, 4.69) is 15.9 Å². The topological polar surface area (TPSA) is 20.2 Å². The molecule has 0 bridgehead atoms. The molecule has 0 aromatic rings. The van der Waals surface area contributed by atoms with Crippen LogP contribution in [0, 0.1) is 5.92 Å². The molecule has 0 aromatic carbocycles. The van der Waals surface area contributed by atoms with E-state index < -0.39 is 0 Å². The monoisotopic (exact) mass is 206 g/mol. The molecule has 1 N–H and O–H groups in total. The van der Waals surface area contributed by atoms with Gasteiger partial charge in [-0.1, -0.05) is 28.8 Å². The Hall–Kier alpha value is 0.440. The summed E-state index contributed by atoms with van der Waals surface area (Å²) >= 11 is 3.40. The van der Waals surface area contributed by atoms with Crippen molar-refractivity contribution >= 4 is 15.9 Å². The highest BCUT2D eigenvalue weighted by Gasteiger charge is 2.21. The zero-order valence-corrected chi connectivity index (χ0v) is 7.81. The first-order valence-corrected chi connectivity index (χ1v) is 5.21. The number of rotatable bonds is 2. The lowest BCUT2D eigenvalue weighted by molar-refractivity contribution is 0.0687. The molecular weight excluding hydrogens is 192 g/mol. The fourth-order valence-electron chi connectivity index (χ4n) is 1.66. The summed E-state index contributed by atoms with van der Waals surface area (Å²) in [6.45, 7) is 0. The molecule has 10 heavy (non-hydrogen) atoms. The average Bonchev–Trinajstić information content (AvgIpc) is 1.94. The quantitative estimate of drug-likeness (QED) is 0.689. The van der Waals surface area contributed by atoms with E-state index in [0.29, 0.717) is 5.92 Å². The van der Waals surface area contributed by atoms with E-state index in [4.69, 9.17) is 0 Å². The summed E-state index contributed by atoms with van der Waals surface area (Å²) in [5.41, 5.74) is 0. The third-order valence-corrected chi connectivity index (χ3v) is 2.81. The number of halogens is 1. The Morgan fingerprint density at radius 2 is 2.00 bits per heavy atom. The van der Waals surface area contributed by atoms with Crippen LogP contribution in [0.15, 0.2) is 0 Å². The molecule has 60 valence electrons. The van der Waals surface area contributed by atoms with Gasteiger partial charge in [-0.2, -0.15) is 0 Å². The summed E-state index contributed by atoms with van der Waals surface area (Å²) in [7, 11) is 0. The number of hydrogen-bond donors (Lipinski definition) is 1. The van der Waals surface area contributed by atoms with Gasteiger partial charge in [0.2, 0.25) is 0 Å². The SMILES string of the molecule is OC1CCCCC1CCBr. The lowest BCUT2D eigenvalue weighted by Crippen LogP contribution is -2.24. The lowest BCUT2D eigenvalue weighted by Gasteiger charge is -2.26. The molecule has 1 fully saturated rings. The summed E-state index contributed by atoms with van der Waals surface area (Å²) in [6.07, 6.45) is 5.92. The van der Waals surface area contributed by atoms with Crippen molar-refractivity contribution in [2.24, 2.45) is 5.92 Å². The predicted octanol–water partition coefficient (Wildman–Crippen LogP) is 2.32. The van der Waals surface area contributed by atoms with E-state index in [9.17, 15) is 5.11 Å². The van der Waals surface area contributed by atoms with Crippen molar-refractivity contribution in [1.29, 1.82) is 0 Å². The molecule has 2 unspecified atom stereocenters. The fourth-order valence-corrected chi connectivity index (χ4v) is 2.25. The van der Waals surface area contributed by atoms with Crippen LogP contribution in [-0.4, -0.2) is 16.5 Å². The first kappa shape index (κ1) is 8.54. The van der Waals surface area contributed by atoms with E-state index in [0.717, 1.165) is 18.2 Å². The molecule has 1 aliphatic rings. The van der Waals surface area contributed by atoms with Crippen molar-refractivity contribution < 1.29 is 5.11 Å². The van der Waals surface area contributed by atoms with E-state index in [1.54, 1.807) is 0 Å². The summed E-state index contributed by atoms with van der Waals surface area (Å²) < 4.78 is 0. The van der Waals surface area contributed by atoms with Crippen LogP contribution in [0.3, 0.4) is 0 Å². The minimum atomic E-state index is -0.00806. The van der Waals surface area contributed by atoms with Crippen LogP contribution >= 0.6 is 15.9 Å². The van der Waals surface area contributed by atoms with Gasteiger partial charge in [0.05, 0.1) is 6.10 Å². The zero-order valence-electron chi connectivity index (χ0n) is 6.22. The minimum Gasteiger partial charge on any atom is -0.393 e. The number of hydrogen-bond acceptors (Lipinski definition) is 1. The molecule has 1 saturated carbocycles. The van der Waals surface area contributed by atoms with Crippen molar-refractivity contribution in [1.82, 2.24) is 0 Å². The standard InChI is InChI=1S/C8H15BrO/c9-6-5-7-3-1-2-4-8(7)10/h7-8,10H,1-6H2. The van der Waals surface area contributed by atoms with Crippen molar-refractivity contribution in [3.63, 3.8) is 0 Å². The Bertz CT molecular complexity index is 93.3. The third kappa shape index (κ3) is 2.24. The van der Waals surface area contributed by atoms with Crippen LogP contribution in [0.5, 0.6) is 0 Å². The second-order valence-electron chi connectivity index (χ2n) is 3.09. The van der Waals surface area contributed by atoms with Crippen molar-refractivity contribution in [2.45, 2.75) is 38.2 Å². The highest BCUT2D eigenvalue weighted by Crippen LogP contribution is 2.27. The van der Waals surface area contributed by atoms with Gasteiger partial charge >= 0.3 is 0 Å². The van der Waals surface area contributed by atoms with Crippen molar-refractivity contribution in [2.75, 3.05) is 5.33 Å². The molecule has 1 nitrogen and oxygen atoms in total. The third-order valence-electron chi connectivity index (χ3n) is 2.35. The molecule has 1 aliphatic carbocycles. The van der Waals surface area contributed by atoms with E-state index in [-0.39, 0.29) is 6.10 Å². The average molecular weight is 207 g/mol. The normalized spacial score (nSPS) is 34.2. The van der Waals surface area contributed by atoms with Gasteiger partial charge in [-0.25, -0.2) is 0 Å². The Morgan fingerprint density at radius 3 is 2.60 bits per heavy atom. The smallest absolute Gasteiger partial charge is 0.0568 e. The molecule has 0 aliphatic heterocycles. The Labute approximate surface area is 70.9 Å². The molecule has 0 saturated heterocycles. The van der Waals surface area contributed by atoms with Crippen molar-refractivity contribution in [3.8, 4) is 0 Å². The van der Waals surface area contributed by atoms with E-state index in [1.165, 1.54) is 19.3 Å². The highest BCUT2D eigenvalue weighted by molar-refractivity contribution is 9.09. The first-order chi connectivity index (χ1) is 4.84. The maximum atomic E-state index is 9.48. The molecule has 0 radical (unpaired) electrons. The Balaban J connectivity index is 2.25. The van der Waals surface area contributed by atoms with E-state index >= 15 is 0 Å². The first-order valence-electron chi connectivity index (χ1n) is 4.08. The van der Waals surface area contributed by atoms with Crippen LogP contribution in [-0.2, 0) is 0 Å². The van der Waals surface area contributed by atoms with Gasteiger partial charge in [-0.15, -0.1) is 0 Å². The summed E-state index contributed by atoms with van der Waals surface area (Å²) in [4.78, 5) is 0. The predicted molar refractivity (Wildman–Crippen MR) is 46.4 cm³/mol. The molecule has 0 amide bonds. The summed E-state index contributed by atoms with van der Waals surface area (Å²) in [6, 6.07) is 0. The Morgan fingerprint density at radius 1 is 1.30 bits per heavy atom. The maximum absolute atomic E-state index is 9.48. The van der Waals surface area contributed by atoms with Crippen LogP contribution in [0.1, 0.15) is 32.1 Å². The molecule has 0 spiro atoms. The number of alkyl halides is 1. The number of aliphatic hydroxyl groups excluding tert-OH is 1. The number of aliphatic hydroxyl groups is 1. The van der Waals surface area contributed by atoms with Gasteiger partial charge in [-0.05, 0) is 25.2 Å². The lowest BCUT2D eigenvalue weighted by atomic mass is 9.85. The molecule has 0 aromatic heterocycles. The second-order valence-corrected chi connectivity index (χ2v) is 3.88. The van der Waals surface area contributed by atoms with Crippen LogP contribution < -0.4 is 0 Å². The molecule has 2 heteroatoms. The van der Waals surface area contributed by atoms with E-state index in [1.807, 2.05) is 0 Å². The van der Waals surface area contributed by atoms with Gasteiger partial charge in [0.1, 0.15) is 0 Å². The minimum absolute atomic E-state index is 0.00806. The van der Waals surface area contributed by atoms with Gasteiger partial charge < -0.3 is 5.11 Å². The molecule has 0 heterocycles. The Kier molecular flexibility index (Phi) is 3.71. The van der Waals surface area contributed by atoms with Gasteiger partial charge in [-0.3, -0.25) is 0 Å². The van der Waals surface area contributed by atoms with Crippen molar-refractivity contribution in [3.05, 3.63) is 0 Å². The summed E-state index contributed by atoms with van der Waals surface area (Å²) in [5, 5.41) is 10.5. The summed E-state index contributed by atoms with van der Waals surface area (Å²) in [5.74, 6) is 0.577. The largest absolute Gasteiger partial charge is 0.393 e. The zero-order chi connectivity index (χ0) is 7.40. The fraction of sp³-hybridized carbons (Fsp3) is 1.00. The van der Waals surface area contributed by atoms with Crippen LogP contribution in [0.25, 0.3) is 0 Å². The van der Waals surface area contributed by atoms with Crippen LogP contribution in [0.4, 0.5) is 0 Å². The second kappa shape index (κ2) is 4.35. The highest BCUT2D eigenvalue weighted by atomic mass is 79.9. The molecular formula is C8H15BrO. The molecule has 2 atom stereocenters. The maximum Gasteiger partial charge on any atom is 0.0568 e. The van der Waals surface area contributed by atoms with Gasteiger partial charge in [0.15, 0.2) is 0 Å². The van der Waals surface area contributed by atoms with Crippen LogP contribution in [0.2, 0.25) is 0 Å². The van der Waals surface area contributed by atoms with Gasteiger partial charge in [0, 0.05) is 5.33 Å². The van der Waals surface area contributed by atoms with Gasteiger partial charge in [0.25, 0.3) is 0 Å². The molecule has 1 rings (SSSR count).